The van der Waals surface area contributed by atoms with Crippen molar-refractivity contribution in [1.82, 2.24) is 19.9 Å². The first-order valence-corrected chi connectivity index (χ1v) is 6.54. The van der Waals surface area contributed by atoms with Crippen molar-refractivity contribution >= 4 is 23.6 Å². The van der Waals surface area contributed by atoms with Gasteiger partial charge in [-0.05, 0) is 20.1 Å². The number of aromatic amines is 1. The Balaban J connectivity index is 2.35. The van der Waals surface area contributed by atoms with Crippen LogP contribution in [0, 0.1) is 13.8 Å². The molecular weight excluding hydrogens is 250 g/mol. The molecule has 2 heterocycles. The zero-order valence-corrected chi connectivity index (χ0v) is 11.1. The van der Waals surface area contributed by atoms with Gasteiger partial charge in [-0.2, -0.15) is 0 Å². The molecule has 0 spiro atoms. The number of hydrogen-bond donors (Lipinski definition) is 2. The fourth-order valence-corrected chi connectivity index (χ4v) is 2.26. The molecule has 1 amide bonds. The van der Waals surface area contributed by atoms with Gasteiger partial charge in [-0.15, -0.1) is 11.8 Å². The van der Waals surface area contributed by atoms with Crippen molar-refractivity contribution in [2.75, 3.05) is 11.6 Å². The van der Waals surface area contributed by atoms with E-state index in [0.29, 0.717) is 28.1 Å². The molecule has 0 aliphatic heterocycles. The van der Waals surface area contributed by atoms with Gasteiger partial charge in [-0.25, -0.2) is 15.0 Å². The van der Waals surface area contributed by atoms with Crippen LogP contribution in [0.25, 0.3) is 0 Å². The topological polar surface area (TPSA) is 83.6 Å². The molecule has 0 bridgehead atoms. The third-order valence-electron chi connectivity index (χ3n) is 2.32. The number of anilines is 1. The number of nitrogens with zero attached hydrogens (tertiary/aromatic N) is 3. The van der Waals surface area contributed by atoms with Gasteiger partial charge in [0, 0.05) is 12.4 Å². The maximum Gasteiger partial charge on any atom is 0.262 e. The normalized spacial score (nSPS) is 10.4. The summed E-state index contributed by atoms with van der Waals surface area (Å²) in [7, 11) is 0. The number of rotatable bonds is 3. The van der Waals surface area contributed by atoms with Crippen LogP contribution in [0.15, 0.2) is 17.4 Å². The fourth-order valence-electron chi connectivity index (χ4n) is 1.59. The minimum absolute atomic E-state index is 0.258. The van der Waals surface area contributed by atoms with Crippen molar-refractivity contribution in [2.24, 2.45) is 0 Å². The summed E-state index contributed by atoms with van der Waals surface area (Å²) in [6, 6.07) is 0. The van der Waals surface area contributed by atoms with Gasteiger partial charge in [0.05, 0.1) is 11.3 Å². The van der Waals surface area contributed by atoms with E-state index in [4.69, 9.17) is 0 Å². The molecule has 0 unspecified atom stereocenters. The van der Waals surface area contributed by atoms with Gasteiger partial charge in [-0.1, -0.05) is 0 Å². The summed E-state index contributed by atoms with van der Waals surface area (Å²) in [6.45, 7) is 3.60. The summed E-state index contributed by atoms with van der Waals surface area (Å²) in [5.74, 6) is 0.810. The number of nitrogens with one attached hydrogen (secondary N) is 2. The molecule has 0 aliphatic rings. The second-order valence-corrected chi connectivity index (χ2v) is 4.43. The lowest BCUT2D eigenvalue weighted by Gasteiger charge is -2.09. The first kappa shape index (κ1) is 12.6. The van der Waals surface area contributed by atoms with E-state index in [1.807, 2.05) is 6.26 Å². The number of carbonyl (C=O) groups is 1. The van der Waals surface area contributed by atoms with Gasteiger partial charge in [0.2, 0.25) is 5.95 Å². The lowest BCUT2D eigenvalue weighted by molar-refractivity contribution is 0.102. The fraction of sp³-hybridized carbons (Fsp3) is 0.273. The number of aryl methyl sites for hydroxylation is 2. The Hall–Kier alpha value is -1.89. The molecule has 2 aromatic heterocycles. The van der Waals surface area contributed by atoms with Crippen LogP contribution in [-0.4, -0.2) is 32.1 Å². The van der Waals surface area contributed by atoms with Crippen molar-refractivity contribution in [3.05, 3.63) is 29.5 Å². The van der Waals surface area contributed by atoms with Crippen molar-refractivity contribution in [1.29, 1.82) is 0 Å². The average molecular weight is 263 g/mol. The second kappa shape index (κ2) is 5.18. The molecule has 18 heavy (non-hydrogen) atoms. The highest BCUT2D eigenvalue weighted by molar-refractivity contribution is 7.98. The second-order valence-electron chi connectivity index (χ2n) is 3.63. The zero-order valence-electron chi connectivity index (χ0n) is 10.3. The van der Waals surface area contributed by atoms with E-state index in [0.717, 1.165) is 0 Å². The highest BCUT2D eigenvalue weighted by atomic mass is 32.2. The number of H-pyrrole nitrogens is 1. The van der Waals surface area contributed by atoms with E-state index >= 15 is 0 Å². The number of imidazole rings is 1. The minimum atomic E-state index is -0.258. The van der Waals surface area contributed by atoms with Gasteiger partial charge < -0.3 is 4.98 Å². The molecule has 94 valence electrons. The monoisotopic (exact) mass is 263 g/mol. The zero-order chi connectivity index (χ0) is 13.1. The number of carbonyl (C=O) groups excluding carboxylic acids is 1. The molecule has 2 aromatic rings. The Morgan fingerprint density at radius 2 is 2.17 bits per heavy atom. The highest BCUT2D eigenvalue weighted by Crippen LogP contribution is 2.21. The molecule has 2 N–H and O–H groups in total. The third kappa shape index (κ3) is 2.51. The SMILES string of the molecule is CSc1nc(C)nc(C)c1C(=O)Nc1ncc[nH]1. The molecule has 0 saturated heterocycles. The van der Waals surface area contributed by atoms with Gasteiger partial charge in [0.25, 0.3) is 5.91 Å². The van der Waals surface area contributed by atoms with Crippen LogP contribution < -0.4 is 5.32 Å². The standard InChI is InChI=1S/C11H13N5OS/c1-6-8(10(18-3)15-7(2)14-6)9(17)16-11-12-4-5-13-11/h4-5H,1-3H3,(H2,12,13,16,17). The third-order valence-corrected chi connectivity index (χ3v) is 3.00. The number of hydrogen-bond acceptors (Lipinski definition) is 5. The largest absolute Gasteiger partial charge is 0.331 e. The molecular formula is C11H13N5OS. The molecule has 0 atom stereocenters. The van der Waals surface area contributed by atoms with Crippen LogP contribution in [0.5, 0.6) is 0 Å². The van der Waals surface area contributed by atoms with Gasteiger partial charge in [0.1, 0.15) is 10.9 Å². The predicted molar refractivity (Wildman–Crippen MR) is 69.8 cm³/mol. The highest BCUT2D eigenvalue weighted by Gasteiger charge is 2.18. The van der Waals surface area contributed by atoms with E-state index in [1.165, 1.54) is 11.8 Å². The smallest absolute Gasteiger partial charge is 0.262 e. The van der Waals surface area contributed by atoms with E-state index in [-0.39, 0.29) is 5.91 Å². The lowest BCUT2D eigenvalue weighted by atomic mass is 10.2. The molecule has 0 saturated carbocycles. The molecule has 6 nitrogen and oxygen atoms in total. The van der Waals surface area contributed by atoms with Crippen LogP contribution >= 0.6 is 11.8 Å². The van der Waals surface area contributed by atoms with Crippen LogP contribution in [0.2, 0.25) is 0 Å². The first-order valence-electron chi connectivity index (χ1n) is 5.31. The van der Waals surface area contributed by atoms with E-state index in [1.54, 1.807) is 26.2 Å². The van der Waals surface area contributed by atoms with Crippen molar-refractivity contribution in [3.8, 4) is 0 Å². The van der Waals surface area contributed by atoms with E-state index < -0.39 is 0 Å². The van der Waals surface area contributed by atoms with E-state index in [2.05, 4.69) is 25.3 Å². The van der Waals surface area contributed by atoms with Gasteiger partial charge >= 0.3 is 0 Å². The maximum atomic E-state index is 12.2. The van der Waals surface area contributed by atoms with Crippen LogP contribution in [0.3, 0.4) is 0 Å². The maximum absolute atomic E-state index is 12.2. The van der Waals surface area contributed by atoms with Crippen LogP contribution in [0.1, 0.15) is 21.9 Å². The summed E-state index contributed by atoms with van der Waals surface area (Å²) in [5, 5.41) is 3.34. The Morgan fingerprint density at radius 3 is 2.78 bits per heavy atom. The Kier molecular flexibility index (Phi) is 3.61. The average Bonchev–Trinajstić information content (AvgIpc) is 2.80. The first-order chi connectivity index (χ1) is 8.61. The minimum Gasteiger partial charge on any atom is -0.331 e. The number of amides is 1. The summed E-state index contributed by atoms with van der Waals surface area (Å²) in [6.07, 6.45) is 5.10. The molecule has 0 aromatic carbocycles. The van der Waals surface area contributed by atoms with E-state index in [9.17, 15) is 4.79 Å². The predicted octanol–water partition coefficient (Wildman–Crippen LogP) is 1.79. The molecule has 7 heteroatoms. The molecule has 0 aliphatic carbocycles. The molecule has 0 fully saturated rings. The Morgan fingerprint density at radius 1 is 1.39 bits per heavy atom. The lowest BCUT2D eigenvalue weighted by Crippen LogP contribution is -2.17. The van der Waals surface area contributed by atoms with Crippen molar-refractivity contribution in [3.63, 3.8) is 0 Å². The van der Waals surface area contributed by atoms with Crippen LogP contribution in [-0.2, 0) is 0 Å². The Bertz CT molecular complexity index is 567. The van der Waals surface area contributed by atoms with Gasteiger partial charge in [0.15, 0.2) is 0 Å². The van der Waals surface area contributed by atoms with Crippen molar-refractivity contribution < 1.29 is 4.79 Å². The summed E-state index contributed by atoms with van der Waals surface area (Å²) in [4.78, 5) is 27.4. The van der Waals surface area contributed by atoms with Crippen molar-refractivity contribution in [2.45, 2.75) is 18.9 Å². The summed E-state index contributed by atoms with van der Waals surface area (Å²) < 4.78 is 0. The summed E-state index contributed by atoms with van der Waals surface area (Å²) >= 11 is 1.42. The Labute approximate surface area is 109 Å². The summed E-state index contributed by atoms with van der Waals surface area (Å²) in [5.41, 5.74) is 1.15. The molecule has 2 rings (SSSR count). The number of aromatic nitrogens is 4. The quantitative estimate of drug-likeness (QED) is 0.651. The molecule has 0 radical (unpaired) electrons. The van der Waals surface area contributed by atoms with Gasteiger partial charge in [-0.3, -0.25) is 10.1 Å². The number of thioether (sulfide) groups is 1. The van der Waals surface area contributed by atoms with Crippen LogP contribution in [0.4, 0.5) is 5.95 Å².